The van der Waals surface area contributed by atoms with Gasteiger partial charge < -0.3 is 5.11 Å². The Balaban J connectivity index is 2.18. The van der Waals surface area contributed by atoms with Gasteiger partial charge in [0.15, 0.2) is 0 Å². The molecule has 0 bridgehead atoms. The number of carbonyl (C=O) groups is 1. The number of phenols is 1. The van der Waals surface area contributed by atoms with E-state index >= 15 is 0 Å². The van der Waals surface area contributed by atoms with Crippen LogP contribution in [0.1, 0.15) is 10.4 Å². The van der Waals surface area contributed by atoms with E-state index in [-0.39, 0.29) is 5.75 Å². The molecule has 0 atom stereocenters. The highest BCUT2D eigenvalue weighted by atomic mass is 32.1. The van der Waals surface area contributed by atoms with Gasteiger partial charge in [-0.3, -0.25) is 4.79 Å². The quantitative estimate of drug-likeness (QED) is 0.662. The van der Waals surface area contributed by atoms with E-state index in [1.54, 1.807) is 35.6 Å². The lowest BCUT2D eigenvalue weighted by Gasteiger charge is -2.00. The zero-order valence-electron chi connectivity index (χ0n) is 9.17. The Hall–Kier alpha value is -1.87. The van der Waals surface area contributed by atoms with Gasteiger partial charge in [0.05, 0.1) is 0 Å². The highest BCUT2D eigenvalue weighted by Crippen LogP contribution is 2.18. The predicted octanol–water partition coefficient (Wildman–Crippen LogP) is 3.28. The van der Waals surface area contributed by atoms with Gasteiger partial charge in [-0.1, -0.05) is 24.3 Å². The molecule has 17 heavy (non-hydrogen) atoms. The average Bonchev–Trinajstić information content (AvgIpc) is 2.85. The summed E-state index contributed by atoms with van der Waals surface area (Å²) in [6, 6.07) is 10.7. The van der Waals surface area contributed by atoms with E-state index in [0.29, 0.717) is 5.57 Å². The molecular formula is C14H12O2S. The molecule has 0 amide bonds. The van der Waals surface area contributed by atoms with Gasteiger partial charge in [0.2, 0.25) is 0 Å². The first-order valence-electron chi connectivity index (χ1n) is 5.26. The molecule has 1 N–H and O–H groups in total. The fourth-order valence-electron chi connectivity index (χ4n) is 1.53. The normalized spacial score (nSPS) is 11.4. The maximum absolute atomic E-state index is 11.0. The summed E-state index contributed by atoms with van der Waals surface area (Å²) in [5.41, 5.74) is 1.48. The van der Waals surface area contributed by atoms with Crippen molar-refractivity contribution >= 4 is 23.2 Å². The second-order valence-corrected chi connectivity index (χ2v) is 4.64. The van der Waals surface area contributed by atoms with Crippen LogP contribution in [-0.2, 0) is 11.2 Å². The van der Waals surface area contributed by atoms with E-state index in [1.807, 2.05) is 23.6 Å². The Morgan fingerprint density at radius 3 is 2.59 bits per heavy atom. The van der Waals surface area contributed by atoms with E-state index in [2.05, 4.69) is 0 Å². The number of hydrogen-bond acceptors (Lipinski definition) is 3. The lowest BCUT2D eigenvalue weighted by atomic mass is 10.1. The summed E-state index contributed by atoms with van der Waals surface area (Å²) in [5, 5.41) is 11.2. The van der Waals surface area contributed by atoms with Crippen LogP contribution in [0.4, 0.5) is 0 Å². The minimum absolute atomic E-state index is 0.206. The summed E-state index contributed by atoms with van der Waals surface area (Å²) in [6.45, 7) is 0. The molecule has 0 unspecified atom stereocenters. The van der Waals surface area contributed by atoms with Crippen LogP contribution in [0.3, 0.4) is 0 Å². The molecule has 3 heteroatoms. The molecule has 1 heterocycles. The molecule has 0 spiro atoms. The number of thiophene rings is 1. The molecule has 2 rings (SSSR count). The van der Waals surface area contributed by atoms with Gasteiger partial charge in [-0.15, -0.1) is 11.3 Å². The highest BCUT2D eigenvalue weighted by molar-refractivity contribution is 7.09. The number of rotatable bonds is 4. The second kappa shape index (κ2) is 5.46. The smallest absolute Gasteiger partial charge is 0.150 e. The van der Waals surface area contributed by atoms with Crippen molar-refractivity contribution in [3.8, 4) is 5.75 Å². The maximum Gasteiger partial charge on any atom is 0.150 e. The Kier molecular flexibility index (Phi) is 3.73. The molecule has 86 valence electrons. The SMILES string of the molecule is O=CC(=CCc1cccs1)c1ccc(O)cc1. The lowest BCUT2D eigenvalue weighted by Crippen LogP contribution is -1.87. The molecule has 0 aliphatic heterocycles. The van der Waals surface area contributed by atoms with Gasteiger partial charge in [0.1, 0.15) is 12.0 Å². The van der Waals surface area contributed by atoms with Crippen LogP contribution in [0, 0.1) is 0 Å². The molecular weight excluding hydrogens is 232 g/mol. The molecule has 2 nitrogen and oxygen atoms in total. The Morgan fingerprint density at radius 1 is 1.24 bits per heavy atom. The molecule has 0 saturated heterocycles. The monoisotopic (exact) mass is 244 g/mol. The number of phenolic OH excluding ortho intramolecular Hbond substituents is 1. The first-order valence-corrected chi connectivity index (χ1v) is 6.14. The van der Waals surface area contributed by atoms with Crippen molar-refractivity contribution in [2.45, 2.75) is 6.42 Å². The topological polar surface area (TPSA) is 37.3 Å². The van der Waals surface area contributed by atoms with E-state index in [4.69, 9.17) is 0 Å². The lowest BCUT2D eigenvalue weighted by molar-refractivity contribution is -0.103. The number of carbonyl (C=O) groups excluding carboxylic acids is 1. The van der Waals surface area contributed by atoms with Crippen molar-refractivity contribution in [2.24, 2.45) is 0 Å². The number of hydrogen-bond donors (Lipinski definition) is 1. The first kappa shape index (κ1) is 11.6. The van der Waals surface area contributed by atoms with Crippen molar-refractivity contribution in [2.75, 3.05) is 0 Å². The summed E-state index contributed by atoms with van der Waals surface area (Å²) in [7, 11) is 0. The molecule has 1 aromatic heterocycles. The number of allylic oxidation sites excluding steroid dienone is 2. The fraction of sp³-hybridized carbons (Fsp3) is 0.0714. The Bertz CT molecular complexity index is 510. The van der Waals surface area contributed by atoms with Crippen LogP contribution in [0.5, 0.6) is 5.75 Å². The summed E-state index contributed by atoms with van der Waals surface area (Å²) in [5.74, 6) is 0.206. The van der Waals surface area contributed by atoms with Crippen LogP contribution in [0.15, 0.2) is 47.9 Å². The molecule has 0 fully saturated rings. The standard InChI is InChI=1S/C14H12O2S/c15-10-12(5-8-14-2-1-9-17-14)11-3-6-13(16)7-4-11/h1-7,9-10,16H,8H2. The minimum Gasteiger partial charge on any atom is -0.508 e. The van der Waals surface area contributed by atoms with Crippen LogP contribution in [-0.4, -0.2) is 11.4 Å². The highest BCUT2D eigenvalue weighted by Gasteiger charge is 2.00. The zero-order valence-corrected chi connectivity index (χ0v) is 9.98. The third kappa shape index (κ3) is 3.04. The van der Waals surface area contributed by atoms with Gasteiger partial charge in [0, 0.05) is 16.9 Å². The largest absolute Gasteiger partial charge is 0.508 e. The van der Waals surface area contributed by atoms with E-state index < -0.39 is 0 Å². The Labute approximate surface area is 104 Å². The predicted molar refractivity (Wildman–Crippen MR) is 70.2 cm³/mol. The van der Waals surface area contributed by atoms with Gasteiger partial charge >= 0.3 is 0 Å². The van der Waals surface area contributed by atoms with Crippen molar-refractivity contribution < 1.29 is 9.90 Å². The fourth-order valence-corrected chi connectivity index (χ4v) is 2.20. The first-order chi connectivity index (χ1) is 8.29. The maximum atomic E-state index is 11.0. The average molecular weight is 244 g/mol. The van der Waals surface area contributed by atoms with Crippen LogP contribution < -0.4 is 0 Å². The third-order valence-corrected chi connectivity index (χ3v) is 3.33. The minimum atomic E-state index is 0.206. The van der Waals surface area contributed by atoms with Gasteiger partial charge in [-0.2, -0.15) is 0 Å². The number of aromatic hydroxyl groups is 1. The molecule has 0 radical (unpaired) electrons. The summed E-state index contributed by atoms with van der Waals surface area (Å²) >= 11 is 1.67. The van der Waals surface area contributed by atoms with Crippen molar-refractivity contribution in [1.29, 1.82) is 0 Å². The molecule has 0 saturated carbocycles. The van der Waals surface area contributed by atoms with Gasteiger partial charge in [-0.25, -0.2) is 0 Å². The Morgan fingerprint density at radius 2 is 2.00 bits per heavy atom. The zero-order chi connectivity index (χ0) is 12.1. The molecule has 0 aliphatic rings. The molecule has 2 aromatic rings. The van der Waals surface area contributed by atoms with Crippen LogP contribution >= 0.6 is 11.3 Å². The van der Waals surface area contributed by atoms with Crippen LogP contribution in [0.25, 0.3) is 5.57 Å². The number of aldehydes is 1. The van der Waals surface area contributed by atoms with Crippen molar-refractivity contribution in [1.82, 2.24) is 0 Å². The van der Waals surface area contributed by atoms with Crippen LogP contribution in [0.2, 0.25) is 0 Å². The van der Waals surface area contributed by atoms with Crippen molar-refractivity contribution in [3.63, 3.8) is 0 Å². The van der Waals surface area contributed by atoms with Gasteiger partial charge in [0.25, 0.3) is 0 Å². The molecule has 0 aliphatic carbocycles. The van der Waals surface area contributed by atoms with Gasteiger partial charge in [-0.05, 0) is 29.1 Å². The van der Waals surface area contributed by atoms with Crippen molar-refractivity contribution in [3.05, 3.63) is 58.3 Å². The van der Waals surface area contributed by atoms with E-state index in [0.717, 1.165) is 18.3 Å². The summed E-state index contributed by atoms with van der Waals surface area (Å²) in [4.78, 5) is 12.2. The third-order valence-electron chi connectivity index (χ3n) is 2.43. The second-order valence-electron chi connectivity index (χ2n) is 3.61. The number of benzene rings is 1. The van der Waals surface area contributed by atoms with E-state index in [9.17, 15) is 9.90 Å². The van der Waals surface area contributed by atoms with E-state index in [1.165, 1.54) is 4.88 Å². The summed E-state index contributed by atoms with van der Waals surface area (Å²) < 4.78 is 0. The molecule has 1 aromatic carbocycles. The summed E-state index contributed by atoms with van der Waals surface area (Å²) in [6.07, 6.45) is 3.51.